The number of nitrogens with one attached hydrogen (secondary N) is 1. The molecule has 0 saturated heterocycles. The number of aliphatic hydroxyl groups is 2. The second-order valence-electron chi connectivity index (χ2n) is 10.5. The summed E-state index contributed by atoms with van der Waals surface area (Å²) in [4.78, 5) is 12.2. The lowest BCUT2D eigenvalue weighted by molar-refractivity contribution is -0.122. The van der Waals surface area contributed by atoms with Crippen molar-refractivity contribution in [3.05, 3.63) is 36.5 Å². The van der Waals surface area contributed by atoms with E-state index in [1.807, 2.05) is 6.08 Å². The summed E-state index contributed by atoms with van der Waals surface area (Å²) in [6.45, 7) is 4.22. The number of allylic oxidation sites excluding steroid dienone is 5. The Balaban J connectivity index is 3.76. The van der Waals surface area contributed by atoms with Gasteiger partial charge in [-0.3, -0.25) is 4.79 Å². The van der Waals surface area contributed by atoms with Crippen molar-refractivity contribution in [3.63, 3.8) is 0 Å². The Labute approximate surface area is 230 Å². The lowest BCUT2D eigenvalue weighted by Crippen LogP contribution is -2.45. The summed E-state index contributed by atoms with van der Waals surface area (Å²) in [5, 5.41) is 22.7. The standard InChI is InChI=1S/C33H61NO3/c1-3-5-7-9-11-13-14-15-16-17-18-19-21-22-24-26-28-32(36)31(30-35)34-33(37)29-27-25-23-20-12-10-8-6-4-2/h19-21,23,26,28,31-32,35-36H,3-18,22,24-25,27,29-30H2,1-2H3,(H,34,37)/b21-19+,23-20-,28-26+. The normalized spacial score (nSPS) is 13.7. The highest BCUT2D eigenvalue weighted by Gasteiger charge is 2.17. The van der Waals surface area contributed by atoms with Crippen LogP contribution in [0.2, 0.25) is 0 Å². The second kappa shape index (κ2) is 29.2. The van der Waals surface area contributed by atoms with Crippen LogP contribution in [0.3, 0.4) is 0 Å². The molecule has 0 bridgehead atoms. The molecule has 216 valence electrons. The Bertz CT molecular complexity index is 570. The Morgan fingerprint density at radius 1 is 0.622 bits per heavy atom. The maximum atomic E-state index is 12.2. The largest absolute Gasteiger partial charge is 0.394 e. The zero-order valence-electron chi connectivity index (χ0n) is 24.5. The van der Waals surface area contributed by atoms with Crippen LogP contribution in [0.5, 0.6) is 0 Å². The highest BCUT2D eigenvalue weighted by molar-refractivity contribution is 5.76. The van der Waals surface area contributed by atoms with Gasteiger partial charge in [-0.2, -0.15) is 0 Å². The van der Waals surface area contributed by atoms with E-state index >= 15 is 0 Å². The van der Waals surface area contributed by atoms with Crippen LogP contribution in [0.1, 0.15) is 149 Å². The van der Waals surface area contributed by atoms with E-state index in [0.29, 0.717) is 6.42 Å². The number of unbranched alkanes of at least 4 members (excludes halogenated alkanes) is 16. The predicted molar refractivity (Wildman–Crippen MR) is 161 cm³/mol. The minimum absolute atomic E-state index is 0.113. The number of hydrogen-bond donors (Lipinski definition) is 3. The van der Waals surface area contributed by atoms with Gasteiger partial charge in [-0.1, -0.05) is 127 Å². The zero-order chi connectivity index (χ0) is 27.2. The molecule has 0 aromatic carbocycles. The first-order valence-corrected chi connectivity index (χ1v) is 15.7. The van der Waals surface area contributed by atoms with Crippen LogP contribution in [0.15, 0.2) is 36.5 Å². The molecular weight excluding hydrogens is 458 g/mol. The quantitative estimate of drug-likeness (QED) is 0.0750. The maximum Gasteiger partial charge on any atom is 0.220 e. The van der Waals surface area contributed by atoms with Crippen molar-refractivity contribution in [1.29, 1.82) is 0 Å². The molecular formula is C33H61NO3. The number of aliphatic hydroxyl groups excluding tert-OH is 2. The Morgan fingerprint density at radius 2 is 1.05 bits per heavy atom. The number of rotatable bonds is 27. The monoisotopic (exact) mass is 519 g/mol. The van der Waals surface area contributed by atoms with Crippen molar-refractivity contribution in [2.45, 2.75) is 161 Å². The first-order chi connectivity index (χ1) is 18.2. The summed E-state index contributed by atoms with van der Waals surface area (Å²) in [6.07, 6.45) is 36.6. The van der Waals surface area contributed by atoms with Crippen molar-refractivity contribution in [3.8, 4) is 0 Å². The highest BCUT2D eigenvalue weighted by atomic mass is 16.3. The molecule has 4 nitrogen and oxygen atoms in total. The van der Waals surface area contributed by atoms with Crippen LogP contribution in [-0.2, 0) is 4.79 Å². The van der Waals surface area contributed by atoms with Gasteiger partial charge in [0.2, 0.25) is 5.91 Å². The summed E-state index contributed by atoms with van der Waals surface area (Å²) in [5.74, 6) is -0.113. The van der Waals surface area contributed by atoms with Gasteiger partial charge < -0.3 is 15.5 Å². The molecule has 37 heavy (non-hydrogen) atoms. The minimum atomic E-state index is -0.868. The van der Waals surface area contributed by atoms with Crippen LogP contribution < -0.4 is 5.32 Å². The lowest BCUT2D eigenvalue weighted by Gasteiger charge is -2.19. The lowest BCUT2D eigenvalue weighted by atomic mass is 10.1. The number of hydrogen-bond acceptors (Lipinski definition) is 3. The summed E-state index contributed by atoms with van der Waals surface area (Å²) < 4.78 is 0. The SMILES string of the molecule is CCCCCC/C=C\CCCC(=O)NC(CO)C(O)/C=C/CC/C=C/CCCCCCCCCCCC. The van der Waals surface area contributed by atoms with E-state index in [1.54, 1.807) is 6.08 Å². The highest BCUT2D eigenvalue weighted by Crippen LogP contribution is 2.12. The molecule has 0 heterocycles. The number of amides is 1. The van der Waals surface area contributed by atoms with Gasteiger partial charge in [0.1, 0.15) is 0 Å². The Hall–Kier alpha value is -1.39. The van der Waals surface area contributed by atoms with Crippen LogP contribution in [0.4, 0.5) is 0 Å². The Morgan fingerprint density at radius 3 is 1.59 bits per heavy atom. The van der Waals surface area contributed by atoms with Crippen LogP contribution in [-0.4, -0.2) is 34.9 Å². The molecule has 0 spiro atoms. The van der Waals surface area contributed by atoms with Crippen molar-refractivity contribution in [2.24, 2.45) is 0 Å². The third kappa shape index (κ3) is 26.0. The molecule has 0 saturated carbocycles. The topological polar surface area (TPSA) is 69.6 Å². The minimum Gasteiger partial charge on any atom is -0.394 e. The van der Waals surface area contributed by atoms with Crippen LogP contribution in [0, 0.1) is 0 Å². The van der Waals surface area contributed by atoms with Gasteiger partial charge >= 0.3 is 0 Å². The number of carbonyl (C=O) groups excluding carboxylic acids is 1. The molecule has 3 N–H and O–H groups in total. The first-order valence-electron chi connectivity index (χ1n) is 15.7. The van der Waals surface area contributed by atoms with Crippen molar-refractivity contribution >= 4 is 5.91 Å². The fourth-order valence-corrected chi connectivity index (χ4v) is 4.37. The van der Waals surface area contributed by atoms with E-state index in [4.69, 9.17) is 0 Å². The van der Waals surface area contributed by atoms with Crippen molar-refractivity contribution in [1.82, 2.24) is 5.32 Å². The van der Waals surface area contributed by atoms with Gasteiger partial charge in [-0.25, -0.2) is 0 Å². The molecule has 0 aliphatic carbocycles. The molecule has 0 fully saturated rings. The molecule has 2 unspecified atom stereocenters. The van der Waals surface area contributed by atoms with Gasteiger partial charge in [0.05, 0.1) is 18.8 Å². The molecule has 0 radical (unpaired) electrons. The summed E-state index contributed by atoms with van der Waals surface area (Å²) in [5.41, 5.74) is 0. The van der Waals surface area contributed by atoms with E-state index < -0.39 is 12.1 Å². The molecule has 4 heteroatoms. The fourth-order valence-electron chi connectivity index (χ4n) is 4.37. The molecule has 0 aromatic rings. The molecule has 0 aromatic heterocycles. The van der Waals surface area contributed by atoms with E-state index in [-0.39, 0.29) is 12.5 Å². The van der Waals surface area contributed by atoms with Crippen LogP contribution >= 0.6 is 0 Å². The molecule has 0 rings (SSSR count). The smallest absolute Gasteiger partial charge is 0.220 e. The van der Waals surface area contributed by atoms with Gasteiger partial charge in [-0.15, -0.1) is 0 Å². The van der Waals surface area contributed by atoms with Crippen molar-refractivity contribution in [2.75, 3.05) is 6.61 Å². The van der Waals surface area contributed by atoms with Gasteiger partial charge in [0.25, 0.3) is 0 Å². The van der Waals surface area contributed by atoms with E-state index in [2.05, 4.69) is 43.5 Å². The first kappa shape index (κ1) is 35.6. The average Bonchev–Trinajstić information content (AvgIpc) is 2.90. The predicted octanol–water partition coefficient (Wildman–Crippen LogP) is 8.72. The van der Waals surface area contributed by atoms with E-state index in [9.17, 15) is 15.0 Å². The van der Waals surface area contributed by atoms with E-state index in [0.717, 1.165) is 38.5 Å². The number of carbonyl (C=O) groups is 1. The maximum absolute atomic E-state index is 12.2. The third-order valence-corrected chi connectivity index (χ3v) is 6.85. The summed E-state index contributed by atoms with van der Waals surface area (Å²) in [6, 6.07) is -0.648. The Kier molecular flexibility index (Phi) is 28.1. The van der Waals surface area contributed by atoms with Gasteiger partial charge in [-0.05, 0) is 51.4 Å². The third-order valence-electron chi connectivity index (χ3n) is 6.85. The molecule has 0 aliphatic heterocycles. The van der Waals surface area contributed by atoms with Gasteiger partial charge in [0, 0.05) is 6.42 Å². The van der Waals surface area contributed by atoms with Gasteiger partial charge in [0.15, 0.2) is 0 Å². The average molecular weight is 520 g/mol. The molecule has 1 amide bonds. The summed E-state index contributed by atoms with van der Waals surface area (Å²) >= 11 is 0. The molecule has 2 atom stereocenters. The fraction of sp³-hybridized carbons (Fsp3) is 0.788. The van der Waals surface area contributed by atoms with E-state index in [1.165, 1.54) is 89.9 Å². The zero-order valence-corrected chi connectivity index (χ0v) is 24.5. The second-order valence-corrected chi connectivity index (χ2v) is 10.5. The van der Waals surface area contributed by atoms with Crippen molar-refractivity contribution < 1.29 is 15.0 Å². The molecule has 0 aliphatic rings. The van der Waals surface area contributed by atoms with Crippen LogP contribution in [0.25, 0.3) is 0 Å². The summed E-state index contributed by atoms with van der Waals surface area (Å²) in [7, 11) is 0.